The highest BCUT2D eigenvalue weighted by Crippen LogP contribution is 2.32. The number of likely N-dealkylation sites (tertiary alicyclic amines) is 1. The summed E-state index contributed by atoms with van der Waals surface area (Å²) in [6.45, 7) is 4.86. The summed E-state index contributed by atoms with van der Waals surface area (Å²) in [6, 6.07) is 7.31. The van der Waals surface area contributed by atoms with Gasteiger partial charge in [0.25, 0.3) is 0 Å². The Morgan fingerprint density at radius 3 is 2.79 bits per heavy atom. The Hall–Kier alpha value is -3.67. The maximum atomic E-state index is 12.9. The minimum atomic E-state index is -4.62. The molecule has 0 spiro atoms. The van der Waals surface area contributed by atoms with Crippen molar-refractivity contribution in [3.8, 4) is 17.0 Å². The van der Waals surface area contributed by atoms with Crippen molar-refractivity contribution in [2.45, 2.75) is 25.6 Å². The van der Waals surface area contributed by atoms with Gasteiger partial charge in [-0.25, -0.2) is 14.5 Å². The van der Waals surface area contributed by atoms with E-state index < -0.39 is 12.0 Å². The molecule has 5 rings (SSSR count). The van der Waals surface area contributed by atoms with Crippen molar-refractivity contribution >= 4 is 17.2 Å². The fourth-order valence-corrected chi connectivity index (χ4v) is 4.04. The Morgan fingerprint density at radius 2 is 2.06 bits per heavy atom. The van der Waals surface area contributed by atoms with Crippen LogP contribution in [-0.2, 0) is 13.2 Å². The quantitative estimate of drug-likeness (QED) is 0.438. The van der Waals surface area contributed by atoms with Gasteiger partial charge in [0.1, 0.15) is 18.1 Å². The van der Waals surface area contributed by atoms with Gasteiger partial charge in [-0.05, 0) is 31.2 Å². The molecule has 0 saturated carbocycles. The third kappa shape index (κ3) is 4.28. The van der Waals surface area contributed by atoms with Gasteiger partial charge in [-0.2, -0.15) is 23.4 Å². The molecule has 0 unspecified atom stereocenters. The number of anilines is 2. The van der Waals surface area contributed by atoms with Crippen LogP contribution in [0, 0.1) is 0 Å². The molecule has 0 radical (unpaired) electrons. The van der Waals surface area contributed by atoms with Crippen LogP contribution in [0.2, 0.25) is 0 Å². The molecule has 0 bridgehead atoms. The first-order chi connectivity index (χ1) is 16.3. The van der Waals surface area contributed by atoms with Crippen molar-refractivity contribution in [3.63, 3.8) is 0 Å². The standard InChI is InChI=1S/C22H23F3N8O/c1-3-32-8-6-15(32)13-34-17-12-27-31(2)20(17)14-5-9-33-16(10-14)11-19(30-33)28-18-4-7-26-21(29-18)22(23,24)25/h4-5,7,9-12,15H,3,6,8,13H2,1-2H3,(H,26,28,29,30)/t15-/m1/s1. The van der Waals surface area contributed by atoms with Crippen molar-refractivity contribution in [1.29, 1.82) is 0 Å². The summed E-state index contributed by atoms with van der Waals surface area (Å²) in [5.41, 5.74) is 2.47. The van der Waals surface area contributed by atoms with E-state index in [0.29, 0.717) is 24.2 Å². The van der Waals surface area contributed by atoms with E-state index in [1.807, 2.05) is 19.2 Å². The van der Waals surface area contributed by atoms with E-state index in [1.165, 1.54) is 6.07 Å². The number of fused-ring (bicyclic) bond motifs is 1. The average Bonchev–Trinajstić information content (AvgIpc) is 3.35. The number of hydrogen-bond acceptors (Lipinski definition) is 7. The van der Waals surface area contributed by atoms with E-state index in [2.05, 4.69) is 37.3 Å². The molecule has 1 fully saturated rings. The number of aromatic nitrogens is 6. The average molecular weight is 472 g/mol. The maximum absolute atomic E-state index is 12.9. The number of ether oxygens (including phenoxy) is 1. The van der Waals surface area contributed by atoms with Crippen LogP contribution in [0.25, 0.3) is 16.8 Å². The monoisotopic (exact) mass is 472 g/mol. The zero-order valence-electron chi connectivity index (χ0n) is 18.6. The van der Waals surface area contributed by atoms with Crippen molar-refractivity contribution < 1.29 is 17.9 Å². The molecule has 9 nitrogen and oxygen atoms in total. The number of nitrogens with zero attached hydrogens (tertiary/aromatic N) is 7. The molecule has 1 aliphatic rings. The Bertz CT molecular complexity index is 1310. The molecule has 1 atom stereocenters. The van der Waals surface area contributed by atoms with Gasteiger partial charge in [0, 0.05) is 43.7 Å². The molecular formula is C22H23F3N8O. The van der Waals surface area contributed by atoms with Crippen LogP contribution in [0.4, 0.5) is 24.8 Å². The summed E-state index contributed by atoms with van der Waals surface area (Å²) in [4.78, 5) is 9.16. The summed E-state index contributed by atoms with van der Waals surface area (Å²) in [5, 5.41) is 11.5. The first kappa shape index (κ1) is 22.1. The summed E-state index contributed by atoms with van der Waals surface area (Å²) in [5.74, 6) is -0.148. The number of hydrogen-bond donors (Lipinski definition) is 1. The number of halogens is 3. The molecule has 178 valence electrons. The smallest absolute Gasteiger partial charge is 0.451 e. The lowest BCUT2D eigenvalue weighted by Gasteiger charge is -2.39. The Labute approximate surface area is 193 Å². The first-order valence-corrected chi connectivity index (χ1v) is 10.9. The van der Waals surface area contributed by atoms with Crippen LogP contribution in [0.15, 0.2) is 42.9 Å². The van der Waals surface area contributed by atoms with Gasteiger partial charge in [-0.15, -0.1) is 0 Å². The normalized spacial score (nSPS) is 16.6. The molecule has 0 aromatic carbocycles. The second-order valence-corrected chi connectivity index (χ2v) is 8.07. The topological polar surface area (TPSA) is 85.4 Å². The predicted octanol–water partition coefficient (Wildman–Crippen LogP) is 3.76. The Balaban J connectivity index is 1.37. The van der Waals surface area contributed by atoms with Crippen LogP contribution < -0.4 is 10.1 Å². The largest absolute Gasteiger partial charge is 0.488 e. The lowest BCUT2D eigenvalue weighted by Crippen LogP contribution is -2.50. The van der Waals surface area contributed by atoms with Gasteiger partial charge in [0.15, 0.2) is 11.6 Å². The molecule has 1 aliphatic heterocycles. The lowest BCUT2D eigenvalue weighted by atomic mass is 10.0. The highest BCUT2D eigenvalue weighted by molar-refractivity contribution is 5.72. The minimum absolute atomic E-state index is 0.00499. The third-order valence-electron chi connectivity index (χ3n) is 5.91. The van der Waals surface area contributed by atoms with Crippen molar-refractivity contribution in [3.05, 3.63) is 48.7 Å². The molecule has 34 heavy (non-hydrogen) atoms. The maximum Gasteiger partial charge on any atom is 0.451 e. The van der Waals surface area contributed by atoms with E-state index in [1.54, 1.807) is 27.7 Å². The van der Waals surface area contributed by atoms with E-state index in [0.717, 1.165) is 42.5 Å². The van der Waals surface area contributed by atoms with Gasteiger partial charge in [-0.1, -0.05) is 6.92 Å². The van der Waals surface area contributed by atoms with Crippen LogP contribution >= 0.6 is 0 Å². The van der Waals surface area contributed by atoms with Crippen LogP contribution in [0.3, 0.4) is 0 Å². The number of alkyl halides is 3. The molecule has 4 aromatic rings. The van der Waals surface area contributed by atoms with Gasteiger partial charge in [0.2, 0.25) is 5.82 Å². The fourth-order valence-electron chi connectivity index (χ4n) is 4.04. The number of rotatable bonds is 7. The van der Waals surface area contributed by atoms with E-state index >= 15 is 0 Å². The molecule has 12 heteroatoms. The fraction of sp³-hybridized carbons (Fsp3) is 0.364. The molecule has 0 aliphatic carbocycles. The van der Waals surface area contributed by atoms with Crippen molar-refractivity contribution in [1.82, 2.24) is 34.3 Å². The minimum Gasteiger partial charge on any atom is -0.488 e. The molecule has 0 amide bonds. The molecular weight excluding hydrogens is 449 g/mol. The second kappa shape index (κ2) is 8.60. The predicted molar refractivity (Wildman–Crippen MR) is 119 cm³/mol. The van der Waals surface area contributed by atoms with Crippen LogP contribution in [-0.4, -0.2) is 60.0 Å². The van der Waals surface area contributed by atoms with E-state index in [4.69, 9.17) is 4.74 Å². The van der Waals surface area contributed by atoms with Crippen LogP contribution in [0.1, 0.15) is 19.2 Å². The number of pyridine rings is 1. The molecule has 1 saturated heterocycles. The molecule has 5 heterocycles. The Morgan fingerprint density at radius 1 is 1.21 bits per heavy atom. The van der Waals surface area contributed by atoms with Crippen molar-refractivity contribution in [2.75, 3.05) is 25.0 Å². The second-order valence-electron chi connectivity index (χ2n) is 8.07. The number of likely N-dealkylation sites (N-methyl/N-ethyl adjacent to an activating group) is 1. The SMILES string of the molecule is CCN1CC[C@@H]1COc1cnn(C)c1-c1ccn2nc(Nc3ccnc(C(F)(F)F)n3)cc2c1. The van der Waals surface area contributed by atoms with Gasteiger partial charge in [0.05, 0.1) is 11.7 Å². The zero-order chi connectivity index (χ0) is 23.9. The number of nitrogens with one attached hydrogen (secondary N) is 1. The van der Waals surface area contributed by atoms with Crippen molar-refractivity contribution in [2.24, 2.45) is 7.05 Å². The highest BCUT2D eigenvalue weighted by Gasteiger charge is 2.34. The Kier molecular flexibility index (Phi) is 5.60. The molecule has 4 aromatic heterocycles. The summed E-state index contributed by atoms with van der Waals surface area (Å²) in [6.07, 6.45) is 1.04. The summed E-state index contributed by atoms with van der Waals surface area (Å²) >= 11 is 0. The van der Waals surface area contributed by atoms with E-state index in [-0.39, 0.29) is 5.82 Å². The number of aryl methyl sites for hydroxylation is 1. The van der Waals surface area contributed by atoms with Gasteiger partial charge >= 0.3 is 6.18 Å². The van der Waals surface area contributed by atoms with Crippen LogP contribution in [0.5, 0.6) is 5.75 Å². The molecule has 1 N–H and O–H groups in total. The third-order valence-corrected chi connectivity index (χ3v) is 5.91. The summed E-state index contributed by atoms with van der Waals surface area (Å²) in [7, 11) is 1.85. The lowest BCUT2D eigenvalue weighted by molar-refractivity contribution is -0.144. The first-order valence-electron chi connectivity index (χ1n) is 10.9. The van der Waals surface area contributed by atoms with E-state index in [9.17, 15) is 13.2 Å². The summed E-state index contributed by atoms with van der Waals surface area (Å²) < 4.78 is 48.2. The highest BCUT2D eigenvalue weighted by atomic mass is 19.4. The zero-order valence-corrected chi connectivity index (χ0v) is 18.6. The van der Waals surface area contributed by atoms with Gasteiger partial charge in [-0.3, -0.25) is 9.58 Å². The van der Waals surface area contributed by atoms with Gasteiger partial charge < -0.3 is 10.1 Å².